The number of alkyl halides is 2. The summed E-state index contributed by atoms with van der Waals surface area (Å²) in [5.74, 6) is 2.38. The number of carbonyl (C=O) groups is 1. The van der Waals surface area contributed by atoms with Gasteiger partial charge in [-0.3, -0.25) is 5.43 Å². The smallest absolute Gasteiger partial charge is 0.330 e. The van der Waals surface area contributed by atoms with E-state index in [2.05, 4.69) is 16.7 Å². The van der Waals surface area contributed by atoms with Crippen molar-refractivity contribution in [2.45, 2.75) is 56.0 Å². The Bertz CT molecular complexity index is 426. The first-order valence-corrected chi connectivity index (χ1v) is 7.00. The standard InChI is InChI=1S/C13H19ClFN3O2/c1-4-5-20-11-7-10(9(15)6-8(11)14)18-13(2,3)16-12(19)17-18/h1,8-11H,5-7H2,2-3H3,(H2,16,17,19). The summed E-state index contributed by atoms with van der Waals surface area (Å²) in [5, 5.41) is 3.93. The minimum atomic E-state index is -1.14. The van der Waals surface area contributed by atoms with E-state index in [1.165, 1.54) is 0 Å². The Kier molecular flexibility index (Phi) is 4.43. The SMILES string of the molecule is C#CCOC1CC(N2NC(=O)NC2(C)C)C(F)CC1Cl. The Balaban J connectivity index is 2.10. The molecular weight excluding hydrogens is 285 g/mol. The van der Waals surface area contributed by atoms with Crippen LogP contribution in [0, 0.1) is 12.3 Å². The molecule has 2 N–H and O–H groups in total. The number of hydrogen-bond donors (Lipinski definition) is 2. The van der Waals surface area contributed by atoms with Crippen LogP contribution in [0.1, 0.15) is 26.7 Å². The molecule has 1 aliphatic carbocycles. The molecule has 7 heteroatoms. The molecule has 0 bridgehead atoms. The average molecular weight is 304 g/mol. The number of carbonyl (C=O) groups excluding carboxylic acids is 1. The average Bonchev–Trinajstić information content (AvgIpc) is 2.61. The lowest BCUT2D eigenvalue weighted by Gasteiger charge is -2.43. The highest BCUT2D eigenvalue weighted by molar-refractivity contribution is 6.21. The molecule has 20 heavy (non-hydrogen) atoms. The number of ether oxygens (including phenoxy) is 1. The minimum Gasteiger partial charge on any atom is -0.364 e. The second kappa shape index (κ2) is 5.76. The Labute approximate surface area is 123 Å². The Hall–Kier alpha value is -1.03. The largest absolute Gasteiger partial charge is 0.364 e. The first-order valence-electron chi connectivity index (χ1n) is 6.56. The predicted molar refractivity (Wildman–Crippen MR) is 73.7 cm³/mol. The maximum atomic E-state index is 14.3. The molecule has 1 saturated heterocycles. The van der Waals surface area contributed by atoms with Crippen molar-refractivity contribution in [1.82, 2.24) is 15.8 Å². The fourth-order valence-electron chi connectivity index (χ4n) is 2.76. The van der Waals surface area contributed by atoms with Gasteiger partial charge >= 0.3 is 6.03 Å². The number of rotatable bonds is 3. The van der Waals surface area contributed by atoms with Crippen LogP contribution in [0.5, 0.6) is 0 Å². The highest BCUT2D eigenvalue weighted by Gasteiger charge is 2.48. The van der Waals surface area contributed by atoms with Crippen LogP contribution < -0.4 is 10.7 Å². The van der Waals surface area contributed by atoms with Gasteiger partial charge in [-0.25, -0.2) is 9.18 Å². The fourth-order valence-corrected chi connectivity index (χ4v) is 3.11. The van der Waals surface area contributed by atoms with E-state index >= 15 is 0 Å². The van der Waals surface area contributed by atoms with E-state index in [1.807, 2.05) is 13.8 Å². The molecule has 1 aliphatic heterocycles. The van der Waals surface area contributed by atoms with Gasteiger partial charge in [-0.15, -0.1) is 18.0 Å². The summed E-state index contributed by atoms with van der Waals surface area (Å²) in [6, 6.07) is -0.835. The lowest BCUT2D eigenvalue weighted by Crippen LogP contribution is -2.60. The first kappa shape index (κ1) is 15.4. The van der Waals surface area contributed by atoms with E-state index in [-0.39, 0.29) is 25.2 Å². The Morgan fingerprint density at radius 3 is 2.85 bits per heavy atom. The van der Waals surface area contributed by atoms with Gasteiger partial charge in [-0.05, 0) is 26.7 Å². The maximum Gasteiger partial charge on any atom is 0.330 e. The third kappa shape index (κ3) is 3.00. The van der Waals surface area contributed by atoms with Crippen molar-refractivity contribution in [3.8, 4) is 12.3 Å². The Morgan fingerprint density at radius 2 is 2.30 bits per heavy atom. The second-order valence-electron chi connectivity index (χ2n) is 5.62. The molecule has 4 atom stereocenters. The maximum absolute atomic E-state index is 14.3. The number of nitrogens with one attached hydrogen (secondary N) is 2. The molecule has 5 nitrogen and oxygen atoms in total. The summed E-state index contributed by atoms with van der Waals surface area (Å²) in [4.78, 5) is 11.5. The van der Waals surface area contributed by atoms with E-state index in [9.17, 15) is 9.18 Å². The summed E-state index contributed by atoms with van der Waals surface area (Å²) in [6.45, 7) is 3.76. The number of urea groups is 1. The number of amides is 2. The van der Waals surface area contributed by atoms with E-state index < -0.39 is 23.3 Å². The number of terminal acetylenes is 1. The molecule has 4 unspecified atom stereocenters. The monoisotopic (exact) mass is 303 g/mol. The van der Waals surface area contributed by atoms with Crippen molar-refractivity contribution in [3.05, 3.63) is 0 Å². The number of halogens is 2. The fraction of sp³-hybridized carbons (Fsp3) is 0.769. The minimum absolute atomic E-state index is 0.144. The van der Waals surface area contributed by atoms with Crippen molar-refractivity contribution >= 4 is 17.6 Å². The summed E-state index contributed by atoms with van der Waals surface area (Å²) >= 11 is 6.13. The van der Waals surface area contributed by atoms with E-state index in [0.29, 0.717) is 6.42 Å². The molecule has 0 radical (unpaired) electrons. The molecule has 0 aromatic heterocycles. The van der Waals surface area contributed by atoms with Crippen LogP contribution in [-0.2, 0) is 4.74 Å². The molecule has 0 spiro atoms. The molecule has 2 aliphatic rings. The van der Waals surface area contributed by atoms with Crippen LogP contribution in [0.4, 0.5) is 9.18 Å². The molecule has 2 fully saturated rings. The number of hydrogen-bond acceptors (Lipinski definition) is 3. The van der Waals surface area contributed by atoms with Crippen molar-refractivity contribution in [3.63, 3.8) is 0 Å². The summed E-state index contributed by atoms with van der Waals surface area (Å²) in [7, 11) is 0. The van der Waals surface area contributed by atoms with Gasteiger partial charge in [-0.2, -0.15) is 5.01 Å². The van der Waals surface area contributed by atoms with Crippen molar-refractivity contribution < 1.29 is 13.9 Å². The van der Waals surface area contributed by atoms with Crippen LogP contribution in [0.2, 0.25) is 0 Å². The normalized spacial score (nSPS) is 37.0. The molecule has 1 heterocycles. The lowest BCUT2D eigenvalue weighted by atomic mass is 9.89. The Morgan fingerprint density at radius 1 is 1.60 bits per heavy atom. The van der Waals surface area contributed by atoms with Gasteiger partial charge in [0.2, 0.25) is 0 Å². The van der Waals surface area contributed by atoms with Crippen molar-refractivity contribution in [2.75, 3.05) is 6.61 Å². The van der Waals surface area contributed by atoms with Gasteiger partial charge in [-0.1, -0.05) is 5.92 Å². The van der Waals surface area contributed by atoms with Gasteiger partial charge in [0.1, 0.15) is 18.4 Å². The number of nitrogens with zero attached hydrogens (tertiary/aromatic N) is 1. The summed E-state index contributed by atoms with van der Waals surface area (Å²) < 4.78 is 19.8. The zero-order chi connectivity index (χ0) is 14.9. The molecule has 2 amide bonds. The molecule has 2 rings (SSSR count). The van der Waals surface area contributed by atoms with Crippen molar-refractivity contribution in [2.24, 2.45) is 0 Å². The van der Waals surface area contributed by atoms with Gasteiger partial charge in [0.15, 0.2) is 0 Å². The molecule has 0 aromatic rings. The van der Waals surface area contributed by atoms with E-state index in [1.54, 1.807) is 5.01 Å². The van der Waals surface area contributed by atoms with Crippen LogP contribution in [0.15, 0.2) is 0 Å². The topological polar surface area (TPSA) is 53.6 Å². The van der Waals surface area contributed by atoms with Gasteiger partial charge in [0.05, 0.1) is 17.5 Å². The van der Waals surface area contributed by atoms with E-state index in [4.69, 9.17) is 22.8 Å². The molecule has 0 aromatic carbocycles. The first-order chi connectivity index (χ1) is 9.35. The third-order valence-corrected chi connectivity index (χ3v) is 4.16. The molecule has 1 saturated carbocycles. The molecular formula is C13H19ClFN3O2. The van der Waals surface area contributed by atoms with Crippen LogP contribution in [-0.4, -0.2) is 47.0 Å². The van der Waals surface area contributed by atoms with Gasteiger partial charge in [0.25, 0.3) is 0 Å². The zero-order valence-electron chi connectivity index (χ0n) is 11.5. The quantitative estimate of drug-likeness (QED) is 0.612. The highest BCUT2D eigenvalue weighted by Crippen LogP contribution is 2.33. The lowest BCUT2D eigenvalue weighted by molar-refractivity contribution is -0.0527. The third-order valence-electron chi connectivity index (χ3n) is 3.70. The second-order valence-corrected chi connectivity index (χ2v) is 6.18. The molecule has 112 valence electrons. The van der Waals surface area contributed by atoms with Gasteiger partial charge < -0.3 is 10.1 Å². The number of hydrazine groups is 1. The van der Waals surface area contributed by atoms with Crippen LogP contribution in [0.25, 0.3) is 0 Å². The van der Waals surface area contributed by atoms with Crippen molar-refractivity contribution in [1.29, 1.82) is 0 Å². The van der Waals surface area contributed by atoms with E-state index in [0.717, 1.165) is 0 Å². The summed E-state index contributed by atoms with van der Waals surface area (Å²) in [5.41, 5.74) is 1.98. The van der Waals surface area contributed by atoms with Crippen LogP contribution >= 0.6 is 11.6 Å². The van der Waals surface area contributed by atoms with Crippen LogP contribution in [0.3, 0.4) is 0 Å². The van der Waals surface area contributed by atoms with Gasteiger partial charge in [0, 0.05) is 0 Å². The highest BCUT2D eigenvalue weighted by atomic mass is 35.5. The predicted octanol–water partition coefficient (Wildman–Crippen LogP) is 1.38. The zero-order valence-corrected chi connectivity index (χ0v) is 12.3. The summed E-state index contributed by atoms with van der Waals surface area (Å²) in [6.07, 6.45) is 4.26.